The van der Waals surface area contributed by atoms with Gasteiger partial charge in [-0.2, -0.15) is 0 Å². The largest absolute Gasteiger partial charge is 0.456 e. The van der Waals surface area contributed by atoms with E-state index in [0.29, 0.717) is 5.76 Å². The first-order chi connectivity index (χ1) is 7.74. The van der Waals surface area contributed by atoms with E-state index >= 15 is 0 Å². The molecule has 0 aliphatic heterocycles. The highest BCUT2D eigenvalue weighted by Gasteiger charge is 2.08. The van der Waals surface area contributed by atoms with Crippen molar-refractivity contribution in [3.8, 4) is 0 Å². The quantitative estimate of drug-likeness (QED) is 0.721. The maximum absolute atomic E-state index is 11.5. The van der Waals surface area contributed by atoms with E-state index in [9.17, 15) is 4.79 Å². The van der Waals surface area contributed by atoms with Crippen LogP contribution in [0, 0.1) is 6.92 Å². The van der Waals surface area contributed by atoms with Gasteiger partial charge in [-0.25, -0.2) is 0 Å². The van der Waals surface area contributed by atoms with E-state index < -0.39 is 0 Å². The van der Waals surface area contributed by atoms with Crippen molar-refractivity contribution in [1.82, 2.24) is 5.32 Å². The molecule has 0 atom stereocenters. The molecule has 1 amide bonds. The van der Waals surface area contributed by atoms with E-state index in [-0.39, 0.29) is 5.91 Å². The van der Waals surface area contributed by atoms with Crippen LogP contribution in [0.25, 0.3) is 0 Å². The predicted molar refractivity (Wildman–Crippen MR) is 64.5 cm³/mol. The third-order valence-corrected chi connectivity index (χ3v) is 2.53. The minimum absolute atomic E-state index is 0.108. The van der Waals surface area contributed by atoms with Crippen LogP contribution in [0.5, 0.6) is 0 Å². The average molecular weight is 223 g/mol. The number of amides is 1. The summed E-state index contributed by atoms with van der Waals surface area (Å²) in [6.07, 6.45) is 6.02. The summed E-state index contributed by atoms with van der Waals surface area (Å²) in [7, 11) is 0. The molecule has 3 heteroatoms. The van der Waals surface area contributed by atoms with Gasteiger partial charge in [-0.1, -0.05) is 32.6 Å². The maximum Gasteiger partial charge on any atom is 0.286 e. The van der Waals surface area contributed by atoms with Gasteiger partial charge in [0.2, 0.25) is 0 Å². The normalized spacial score (nSPS) is 10.4. The van der Waals surface area contributed by atoms with Crippen LogP contribution < -0.4 is 5.32 Å². The van der Waals surface area contributed by atoms with Crippen molar-refractivity contribution in [3.05, 3.63) is 23.7 Å². The number of rotatable bonds is 7. The molecule has 0 aliphatic rings. The average Bonchev–Trinajstić information content (AvgIpc) is 2.70. The molecule has 0 aromatic carbocycles. The molecule has 16 heavy (non-hydrogen) atoms. The summed E-state index contributed by atoms with van der Waals surface area (Å²) in [5.41, 5.74) is 0. The summed E-state index contributed by atoms with van der Waals surface area (Å²) in [5, 5.41) is 2.86. The number of carbonyl (C=O) groups is 1. The monoisotopic (exact) mass is 223 g/mol. The summed E-state index contributed by atoms with van der Waals surface area (Å²) in [5.74, 6) is 1.07. The van der Waals surface area contributed by atoms with Crippen LogP contribution in [-0.2, 0) is 0 Å². The van der Waals surface area contributed by atoms with Crippen molar-refractivity contribution in [2.75, 3.05) is 6.54 Å². The molecule has 1 aromatic heterocycles. The molecule has 0 bridgehead atoms. The second-order valence-electron chi connectivity index (χ2n) is 4.08. The lowest BCUT2D eigenvalue weighted by molar-refractivity contribution is 0.0924. The van der Waals surface area contributed by atoms with Crippen LogP contribution in [0.4, 0.5) is 0 Å². The highest BCUT2D eigenvalue weighted by molar-refractivity contribution is 5.91. The SMILES string of the molecule is CCCCCCCNC(=O)c1ccc(C)o1. The van der Waals surface area contributed by atoms with E-state index in [1.807, 2.05) is 6.92 Å². The van der Waals surface area contributed by atoms with Gasteiger partial charge in [0.15, 0.2) is 5.76 Å². The van der Waals surface area contributed by atoms with E-state index in [1.165, 1.54) is 25.7 Å². The molecule has 1 rings (SSSR count). The summed E-state index contributed by atoms with van der Waals surface area (Å²) in [4.78, 5) is 11.5. The molecule has 0 aliphatic carbocycles. The van der Waals surface area contributed by atoms with Gasteiger partial charge in [-0.15, -0.1) is 0 Å². The summed E-state index contributed by atoms with van der Waals surface area (Å²) >= 11 is 0. The summed E-state index contributed by atoms with van der Waals surface area (Å²) in [6, 6.07) is 3.51. The second kappa shape index (κ2) is 7.09. The zero-order valence-corrected chi connectivity index (χ0v) is 10.2. The fourth-order valence-corrected chi connectivity index (χ4v) is 1.57. The van der Waals surface area contributed by atoms with Crippen molar-refractivity contribution in [3.63, 3.8) is 0 Å². The lowest BCUT2D eigenvalue weighted by Gasteiger charge is -2.02. The van der Waals surface area contributed by atoms with Gasteiger partial charge < -0.3 is 9.73 Å². The highest BCUT2D eigenvalue weighted by Crippen LogP contribution is 2.06. The molecule has 90 valence electrons. The van der Waals surface area contributed by atoms with Gasteiger partial charge >= 0.3 is 0 Å². The Morgan fingerprint density at radius 1 is 1.25 bits per heavy atom. The van der Waals surface area contributed by atoms with E-state index in [0.717, 1.165) is 18.7 Å². The Labute approximate surface area is 97.2 Å². The van der Waals surface area contributed by atoms with E-state index in [4.69, 9.17) is 4.42 Å². The third-order valence-electron chi connectivity index (χ3n) is 2.53. The van der Waals surface area contributed by atoms with Crippen LogP contribution in [0.2, 0.25) is 0 Å². The minimum atomic E-state index is -0.108. The Kier molecular flexibility index (Phi) is 5.68. The number of carbonyl (C=O) groups excluding carboxylic acids is 1. The molecule has 0 spiro atoms. The third kappa shape index (κ3) is 4.51. The van der Waals surface area contributed by atoms with Gasteiger partial charge in [0.05, 0.1) is 0 Å². The topological polar surface area (TPSA) is 42.2 Å². The van der Waals surface area contributed by atoms with Gasteiger partial charge in [0.1, 0.15) is 5.76 Å². The first kappa shape index (κ1) is 12.8. The molecule has 0 radical (unpaired) electrons. The van der Waals surface area contributed by atoms with Crippen molar-refractivity contribution in [1.29, 1.82) is 0 Å². The summed E-state index contributed by atoms with van der Waals surface area (Å²) in [6.45, 7) is 4.77. The Morgan fingerprint density at radius 3 is 2.62 bits per heavy atom. The molecule has 0 saturated heterocycles. The number of hydrogen-bond acceptors (Lipinski definition) is 2. The number of unbranched alkanes of at least 4 members (excludes halogenated alkanes) is 4. The summed E-state index contributed by atoms with van der Waals surface area (Å²) < 4.78 is 5.23. The lowest BCUT2D eigenvalue weighted by atomic mass is 10.1. The second-order valence-corrected chi connectivity index (χ2v) is 4.08. The van der Waals surface area contributed by atoms with Crippen molar-refractivity contribution >= 4 is 5.91 Å². The van der Waals surface area contributed by atoms with Crippen molar-refractivity contribution in [2.45, 2.75) is 46.0 Å². The molecule has 1 N–H and O–H groups in total. The van der Waals surface area contributed by atoms with Crippen molar-refractivity contribution < 1.29 is 9.21 Å². The lowest BCUT2D eigenvalue weighted by Crippen LogP contribution is -2.23. The molecule has 3 nitrogen and oxygen atoms in total. The number of aryl methyl sites for hydroxylation is 1. The number of hydrogen-bond donors (Lipinski definition) is 1. The van der Waals surface area contributed by atoms with E-state index in [2.05, 4.69) is 12.2 Å². The Morgan fingerprint density at radius 2 is 2.00 bits per heavy atom. The molecule has 0 fully saturated rings. The standard InChI is InChI=1S/C13H21NO2/c1-3-4-5-6-7-10-14-13(15)12-9-8-11(2)16-12/h8-9H,3-7,10H2,1-2H3,(H,14,15). The van der Waals surface area contributed by atoms with E-state index in [1.54, 1.807) is 12.1 Å². The van der Waals surface area contributed by atoms with Crippen LogP contribution in [0.1, 0.15) is 55.3 Å². The number of furan rings is 1. The van der Waals surface area contributed by atoms with Crippen LogP contribution in [-0.4, -0.2) is 12.5 Å². The smallest absolute Gasteiger partial charge is 0.286 e. The zero-order valence-electron chi connectivity index (χ0n) is 10.2. The van der Waals surface area contributed by atoms with Crippen LogP contribution in [0.15, 0.2) is 16.5 Å². The van der Waals surface area contributed by atoms with Crippen molar-refractivity contribution in [2.24, 2.45) is 0 Å². The molecule has 0 saturated carbocycles. The molecule has 0 unspecified atom stereocenters. The van der Waals surface area contributed by atoms with Crippen LogP contribution >= 0.6 is 0 Å². The minimum Gasteiger partial charge on any atom is -0.456 e. The predicted octanol–water partition coefficient (Wildman–Crippen LogP) is 3.29. The van der Waals surface area contributed by atoms with Crippen LogP contribution in [0.3, 0.4) is 0 Å². The first-order valence-corrected chi connectivity index (χ1v) is 6.08. The Bertz CT molecular complexity index is 317. The first-order valence-electron chi connectivity index (χ1n) is 6.08. The van der Waals surface area contributed by atoms with Gasteiger partial charge in [-0.3, -0.25) is 4.79 Å². The fourth-order valence-electron chi connectivity index (χ4n) is 1.57. The van der Waals surface area contributed by atoms with Gasteiger partial charge in [0.25, 0.3) is 5.91 Å². The highest BCUT2D eigenvalue weighted by atomic mass is 16.3. The zero-order chi connectivity index (χ0) is 11.8. The van der Waals surface area contributed by atoms with Gasteiger partial charge in [0, 0.05) is 6.54 Å². The molecule has 1 heterocycles. The Hall–Kier alpha value is -1.25. The Balaban J connectivity index is 2.11. The molecule has 1 aromatic rings. The maximum atomic E-state index is 11.5. The fraction of sp³-hybridized carbons (Fsp3) is 0.615. The molecular formula is C13H21NO2. The number of nitrogens with one attached hydrogen (secondary N) is 1. The van der Waals surface area contributed by atoms with Gasteiger partial charge in [-0.05, 0) is 25.5 Å². The molecular weight excluding hydrogens is 202 g/mol.